The minimum absolute atomic E-state index is 0.0274. The Bertz CT molecular complexity index is 1230. The largest absolute Gasteiger partial charge is 0.440 e. The highest BCUT2D eigenvalue weighted by Crippen LogP contribution is 2.61. The second kappa shape index (κ2) is 6.85. The summed E-state index contributed by atoms with van der Waals surface area (Å²) in [6, 6.07) is 8.24. The van der Waals surface area contributed by atoms with Crippen LogP contribution in [0.4, 0.5) is 0 Å². The third kappa shape index (κ3) is 3.32. The van der Waals surface area contributed by atoms with Gasteiger partial charge in [0.2, 0.25) is 14.9 Å². The molecule has 2 aliphatic carbocycles. The third-order valence-corrected chi connectivity index (χ3v) is 8.09. The van der Waals surface area contributed by atoms with Crippen molar-refractivity contribution in [3.8, 4) is 0 Å². The average Bonchev–Trinajstić information content (AvgIpc) is 3.29. The van der Waals surface area contributed by atoms with Gasteiger partial charge < -0.3 is 14.2 Å². The van der Waals surface area contributed by atoms with E-state index in [4.69, 9.17) is 20.4 Å². The Morgan fingerprint density at radius 2 is 1.97 bits per heavy atom. The van der Waals surface area contributed by atoms with Gasteiger partial charge in [-0.1, -0.05) is 18.5 Å². The van der Waals surface area contributed by atoms with Gasteiger partial charge in [-0.05, 0) is 61.4 Å². The van der Waals surface area contributed by atoms with Crippen molar-refractivity contribution in [2.45, 2.75) is 49.7 Å². The van der Waals surface area contributed by atoms with Crippen LogP contribution in [-0.2, 0) is 9.84 Å². The van der Waals surface area contributed by atoms with Crippen molar-refractivity contribution in [3.05, 3.63) is 47.0 Å². The maximum atomic E-state index is 12.4. The Labute approximate surface area is 178 Å². The molecule has 3 aromatic rings. The molecule has 1 spiro atoms. The summed E-state index contributed by atoms with van der Waals surface area (Å²) in [5.41, 5.74) is 1.75. The van der Waals surface area contributed by atoms with Crippen LogP contribution in [0, 0.1) is 5.41 Å². The minimum Gasteiger partial charge on any atom is -0.440 e. The lowest BCUT2D eigenvalue weighted by atomic mass is 9.50. The SMILES string of the molecule is CCS(=O)(=O)c1ccc(C(=O)NC2CC3(C2)CC(c2nc4cc(Cl)ccc4o2)C3)o1. The first-order chi connectivity index (χ1) is 14.3. The second-order valence-electron chi connectivity index (χ2n) is 8.37. The Hall–Kier alpha value is -2.32. The number of hydrogen-bond donors (Lipinski definition) is 1. The van der Waals surface area contributed by atoms with Gasteiger partial charge in [-0.25, -0.2) is 13.4 Å². The minimum atomic E-state index is -3.46. The van der Waals surface area contributed by atoms with Crippen molar-refractivity contribution < 1.29 is 22.0 Å². The molecule has 2 aromatic heterocycles. The van der Waals surface area contributed by atoms with Gasteiger partial charge in [-0.15, -0.1) is 0 Å². The van der Waals surface area contributed by atoms with Crippen molar-refractivity contribution in [1.82, 2.24) is 10.3 Å². The number of furan rings is 1. The predicted molar refractivity (Wildman–Crippen MR) is 110 cm³/mol. The van der Waals surface area contributed by atoms with Crippen LogP contribution in [0.5, 0.6) is 0 Å². The van der Waals surface area contributed by atoms with Crippen LogP contribution in [0.15, 0.2) is 44.3 Å². The number of amides is 1. The van der Waals surface area contributed by atoms with E-state index < -0.39 is 9.84 Å². The molecule has 1 N–H and O–H groups in total. The summed E-state index contributed by atoms with van der Waals surface area (Å²) in [4.78, 5) is 16.9. The van der Waals surface area contributed by atoms with Gasteiger partial charge in [0.15, 0.2) is 17.2 Å². The lowest BCUT2D eigenvalue weighted by Crippen LogP contribution is -2.55. The second-order valence-corrected chi connectivity index (χ2v) is 11.0. The van der Waals surface area contributed by atoms with E-state index in [1.54, 1.807) is 12.1 Å². The molecule has 2 fully saturated rings. The van der Waals surface area contributed by atoms with Crippen LogP contribution in [0.2, 0.25) is 5.02 Å². The highest BCUT2D eigenvalue weighted by Gasteiger charge is 2.54. The molecule has 2 saturated carbocycles. The summed E-state index contributed by atoms with van der Waals surface area (Å²) in [5.74, 6) is 0.630. The predicted octanol–water partition coefficient (Wildman–Crippen LogP) is 4.32. The summed E-state index contributed by atoms with van der Waals surface area (Å²) >= 11 is 6.01. The van der Waals surface area contributed by atoms with Crippen LogP contribution in [0.3, 0.4) is 0 Å². The van der Waals surface area contributed by atoms with Gasteiger partial charge in [-0.2, -0.15) is 0 Å². The molecular weight excluding hydrogens is 428 g/mol. The molecule has 0 bridgehead atoms. The van der Waals surface area contributed by atoms with Crippen LogP contribution < -0.4 is 5.32 Å². The number of fused-ring (bicyclic) bond motifs is 1. The molecule has 9 heteroatoms. The molecule has 0 unspecified atom stereocenters. The number of hydrogen-bond acceptors (Lipinski definition) is 6. The van der Waals surface area contributed by atoms with Crippen molar-refractivity contribution in [1.29, 1.82) is 0 Å². The van der Waals surface area contributed by atoms with Gasteiger partial charge in [0.1, 0.15) is 5.52 Å². The molecule has 1 aromatic carbocycles. The third-order valence-electron chi connectivity index (χ3n) is 6.26. The Balaban J connectivity index is 1.16. The molecule has 2 heterocycles. The number of sulfone groups is 1. The number of aromatic nitrogens is 1. The van der Waals surface area contributed by atoms with Crippen molar-refractivity contribution in [2.75, 3.05) is 5.75 Å². The average molecular weight is 449 g/mol. The van der Waals surface area contributed by atoms with Crippen molar-refractivity contribution in [3.63, 3.8) is 0 Å². The van der Waals surface area contributed by atoms with E-state index in [1.807, 2.05) is 6.07 Å². The maximum Gasteiger partial charge on any atom is 0.287 e. The zero-order valence-electron chi connectivity index (χ0n) is 16.4. The van der Waals surface area contributed by atoms with Crippen molar-refractivity contribution in [2.24, 2.45) is 5.41 Å². The van der Waals surface area contributed by atoms with Gasteiger partial charge >= 0.3 is 0 Å². The highest BCUT2D eigenvalue weighted by molar-refractivity contribution is 7.91. The quantitative estimate of drug-likeness (QED) is 0.623. The number of nitrogens with zero attached hydrogens (tertiary/aromatic N) is 1. The number of halogens is 1. The van der Waals surface area contributed by atoms with Gasteiger partial charge in [-0.3, -0.25) is 4.79 Å². The summed E-state index contributed by atoms with van der Waals surface area (Å²) in [5, 5.41) is 3.41. The van der Waals surface area contributed by atoms with Crippen molar-refractivity contribution >= 4 is 38.4 Å². The van der Waals surface area contributed by atoms with Gasteiger partial charge in [0, 0.05) is 17.0 Å². The number of rotatable bonds is 5. The fraction of sp³-hybridized carbons (Fsp3) is 0.429. The standard InChI is InChI=1S/C21H21ClN2O5S/c1-2-30(26,27)18-6-5-17(28-18)19(25)23-14-10-21(11-14)8-12(9-21)20-24-15-7-13(22)3-4-16(15)29-20/h3-7,12,14H,2,8-11H2,1H3,(H,23,25). The Morgan fingerprint density at radius 3 is 2.70 bits per heavy atom. The first-order valence-electron chi connectivity index (χ1n) is 9.96. The zero-order chi connectivity index (χ0) is 21.1. The molecule has 0 radical (unpaired) electrons. The summed E-state index contributed by atoms with van der Waals surface area (Å²) in [6.45, 7) is 1.54. The molecule has 0 atom stereocenters. The van der Waals surface area contributed by atoms with E-state index in [1.165, 1.54) is 19.1 Å². The fourth-order valence-corrected chi connectivity index (χ4v) is 5.63. The Kier molecular flexibility index (Phi) is 4.48. The monoisotopic (exact) mass is 448 g/mol. The topological polar surface area (TPSA) is 102 Å². The number of benzene rings is 1. The molecule has 30 heavy (non-hydrogen) atoms. The number of nitrogens with one attached hydrogen (secondary N) is 1. The maximum absolute atomic E-state index is 12.4. The van der Waals surface area contributed by atoms with Crippen LogP contribution in [0.1, 0.15) is 55.0 Å². The summed E-state index contributed by atoms with van der Waals surface area (Å²) in [6.07, 6.45) is 3.75. The normalized spacial score (nSPS) is 25.8. The van der Waals surface area contributed by atoms with Crippen LogP contribution in [-0.4, -0.2) is 31.1 Å². The number of oxazole rings is 1. The fourth-order valence-electron chi connectivity index (χ4n) is 4.68. The Morgan fingerprint density at radius 1 is 1.20 bits per heavy atom. The molecular formula is C21H21ClN2O5S. The zero-order valence-corrected chi connectivity index (χ0v) is 17.9. The molecule has 5 rings (SSSR count). The highest BCUT2D eigenvalue weighted by atomic mass is 35.5. The molecule has 0 aliphatic heterocycles. The summed E-state index contributed by atoms with van der Waals surface area (Å²) in [7, 11) is -3.46. The lowest BCUT2D eigenvalue weighted by Gasteiger charge is -2.57. The van der Waals surface area contributed by atoms with Crippen LogP contribution in [0.25, 0.3) is 11.1 Å². The van der Waals surface area contributed by atoms with E-state index in [2.05, 4.69) is 10.3 Å². The number of carbonyl (C=O) groups is 1. The molecule has 7 nitrogen and oxygen atoms in total. The van der Waals surface area contributed by atoms with E-state index in [-0.39, 0.29) is 34.0 Å². The molecule has 158 valence electrons. The summed E-state index contributed by atoms with van der Waals surface area (Å²) < 4.78 is 34.8. The van der Waals surface area contributed by atoms with Gasteiger partial charge in [0.25, 0.3) is 5.91 Å². The van der Waals surface area contributed by atoms with Gasteiger partial charge in [0.05, 0.1) is 5.75 Å². The lowest BCUT2D eigenvalue weighted by molar-refractivity contribution is -0.0256. The first-order valence-corrected chi connectivity index (χ1v) is 12.0. The molecule has 2 aliphatic rings. The smallest absolute Gasteiger partial charge is 0.287 e. The van der Waals surface area contributed by atoms with E-state index in [0.29, 0.717) is 10.9 Å². The van der Waals surface area contributed by atoms with Crippen LogP contribution >= 0.6 is 11.6 Å². The number of carbonyl (C=O) groups excluding carboxylic acids is 1. The molecule has 1 amide bonds. The van der Waals surface area contributed by atoms with E-state index in [9.17, 15) is 13.2 Å². The van der Waals surface area contributed by atoms with E-state index in [0.717, 1.165) is 42.7 Å². The van der Waals surface area contributed by atoms with E-state index >= 15 is 0 Å². The molecule has 0 saturated heterocycles. The first kappa shape index (κ1) is 19.6.